The highest BCUT2D eigenvalue weighted by atomic mass is 19.1. The molecule has 0 fully saturated rings. The molecule has 1 atom stereocenters. The quantitative estimate of drug-likeness (QED) is 0.894. The molecule has 0 spiro atoms. The molecule has 0 aliphatic rings. The van der Waals surface area contributed by atoms with E-state index >= 15 is 0 Å². The van der Waals surface area contributed by atoms with Gasteiger partial charge in [0.2, 0.25) is 0 Å². The normalized spacial score (nSPS) is 12.4. The lowest BCUT2D eigenvalue weighted by atomic mass is 9.98. The van der Waals surface area contributed by atoms with Crippen LogP contribution in [0.4, 0.5) is 13.2 Å². The molecule has 20 heavy (non-hydrogen) atoms. The van der Waals surface area contributed by atoms with Gasteiger partial charge in [0.25, 0.3) is 0 Å². The lowest BCUT2D eigenvalue weighted by Crippen LogP contribution is -2.19. The van der Waals surface area contributed by atoms with E-state index in [2.05, 4.69) is 5.32 Å². The summed E-state index contributed by atoms with van der Waals surface area (Å²) in [6.07, 6.45) is 0.383. The molecule has 0 aliphatic heterocycles. The van der Waals surface area contributed by atoms with Crippen LogP contribution in [-0.2, 0) is 6.42 Å². The summed E-state index contributed by atoms with van der Waals surface area (Å²) in [5, 5.41) is 3.04. The topological polar surface area (TPSA) is 12.0 Å². The van der Waals surface area contributed by atoms with Crippen molar-refractivity contribution in [3.63, 3.8) is 0 Å². The van der Waals surface area contributed by atoms with E-state index in [-0.39, 0.29) is 11.9 Å². The predicted octanol–water partition coefficient (Wildman–Crippen LogP) is 3.92. The van der Waals surface area contributed by atoms with Crippen molar-refractivity contribution in [2.24, 2.45) is 0 Å². The summed E-state index contributed by atoms with van der Waals surface area (Å²) < 4.78 is 40.0. The smallest absolute Gasteiger partial charge is 0.126 e. The maximum atomic E-state index is 13.6. The molecule has 0 aromatic heterocycles. The Hall–Kier alpha value is -1.81. The summed E-state index contributed by atoms with van der Waals surface area (Å²) in [7, 11) is 1.73. The molecule has 0 heterocycles. The van der Waals surface area contributed by atoms with Crippen LogP contribution in [0, 0.1) is 24.4 Å². The first kappa shape index (κ1) is 14.6. The van der Waals surface area contributed by atoms with Crippen LogP contribution in [0.5, 0.6) is 0 Å². The Morgan fingerprint density at radius 2 is 1.65 bits per heavy atom. The van der Waals surface area contributed by atoms with Gasteiger partial charge < -0.3 is 5.32 Å². The number of hydrogen-bond donors (Lipinski definition) is 1. The molecule has 1 nitrogen and oxygen atoms in total. The van der Waals surface area contributed by atoms with Gasteiger partial charge in [0.15, 0.2) is 0 Å². The molecule has 1 unspecified atom stereocenters. The molecule has 0 bridgehead atoms. The van der Waals surface area contributed by atoms with Gasteiger partial charge in [-0.05, 0) is 55.3 Å². The molecule has 106 valence electrons. The van der Waals surface area contributed by atoms with Crippen molar-refractivity contribution >= 4 is 0 Å². The van der Waals surface area contributed by atoms with E-state index < -0.39 is 11.6 Å². The number of benzene rings is 2. The average Bonchev–Trinajstić information content (AvgIpc) is 2.38. The number of hydrogen-bond acceptors (Lipinski definition) is 1. The highest BCUT2D eigenvalue weighted by molar-refractivity contribution is 5.28. The van der Waals surface area contributed by atoms with Crippen LogP contribution < -0.4 is 5.32 Å². The Morgan fingerprint density at radius 1 is 1.00 bits per heavy atom. The van der Waals surface area contributed by atoms with Crippen molar-refractivity contribution < 1.29 is 13.2 Å². The van der Waals surface area contributed by atoms with Gasteiger partial charge in [0.05, 0.1) is 0 Å². The molecule has 4 heteroatoms. The average molecular weight is 279 g/mol. The standard InChI is InChI=1S/C16H16F3N/c1-10-3-4-12(8-15(10)19)16(20-2)7-11-5-13(17)9-14(18)6-11/h3-6,8-9,16,20H,7H2,1-2H3. The van der Waals surface area contributed by atoms with Crippen LogP contribution in [0.25, 0.3) is 0 Å². The highest BCUT2D eigenvalue weighted by Crippen LogP contribution is 2.21. The SMILES string of the molecule is CNC(Cc1cc(F)cc(F)c1)c1ccc(C)c(F)c1. The molecule has 0 aliphatic carbocycles. The molecule has 0 saturated heterocycles. The van der Waals surface area contributed by atoms with E-state index in [1.54, 1.807) is 20.0 Å². The van der Waals surface area contributed by atoms with Gasteiger partial charge in [-0.25, -0.2) is 13.2 Å². The van der Waals surface area contributed by atoms with Crippen LogP contribution in [-0.4, -0.2) is 7.05 Å². The number of rotatable bonds is 4. The molecular weight excluding hydrogens is 263 g/mol. The first-order valence-corrected chi connectivity index (χ1v) is 6.38. The number of likely N-dealkylation sites (N-methyl/N-ethyl adjacent to an activating group) is 1. The van der Waals surface area contributed by atoms with E-state index in [0.29, 0.717) is 17.5 Å². The van der Waals surface area contributed by atoms with Crippen molar-refractivity contribution in [1.29, 1.82) is 0 Å². The van der Waals surface area contributed by atoms with Crippen LogP contribution in [0.3, 0.4) is 0 Å². The Labute approximate surface area is 116 Å². The summed E-state index contributed by atoms with van der Waals surface area (Å²) in [6.45, 7) is 1.69. The van der Waals surface area contributed by atoms with E-state index in [4.69, 9.17) is 0 Å². The van der Waals surface area contributed by atoms with E-state index in [1.165, 1.54) is 18.2 Å². The van der Waals surface area contributed by atoms with Gasteiger partial charge in [-0.1, -0.05) is 12.1 Å². The molecule has 0 amide bonds. The minimum absolute atomic E-state index is 0.203. The second kappa shape index (κ2) is 6.09. The number of halogens is 3. The molecule has 2 aromatic rings. The van der Waals surface area contributed by atoms with Crippen LogP contribution in [0.2, 0.25) is 0 Å². The summed E-state index contributed by atoms with van der Waals surface area (Å²) in [4.78, 5) is 0. The Bertz CT molecular complexity index is 590. The Kier molecular flexibility index (Phi) is 4.45. The number of aryl methyl sites for hydroxylation is 1. The fourth-order valence-electron chi connectivity index (χ4n) is 2.18. The minimum atomic E-state index is -0.607. The van der Waals surface area contributed by atoms with Gasteiger partial charge in [-0.2, -0.15) is 0 Å². The molecular formula is C16H16F3N. The maximum absolute atomic E-state index is 13.6. The van der Waals surface area contributed by atoms with Crippen LogP contribution >= 0.6 is 0 Å². The highest BCUT2D eigenvalue weighted by Gasteiger charge is 2.13. The monoisotopic (exact) mass is 279 g/mol. The van der Waals surface area contributed by atoms with Gasteiger partial charge in [0, 0.05) is 12.1 Å². The summed E-state index contributed by atoms with van der Waals surface area (Å²) in [6, 6.07) is 8.17. The van der Waals surface area contributed by atoms with Crippen molar-refractivity contribution in [1.82, 2.24) is 5.32 Å². The zero-order valence-electron chi connectivity index (χ0n) is 11.4. The zero-order chi connectivity index (χ0) is 14.7. The minimum Gasteiger partial charge on any atom is -0.313 e. The second-order valence-electron chi connectivity index (χ2n) is 4.83. The maximum Gasteiger partial charge on any atom is 0.126 e. The first-order chi connectivity index (χ1) is 9.49. The van der Waals surface area contributed by atoms with Gasteiger partial charge in [0.1, 0.15) is 17.5 Å². The Morgan fingerprint density at radius 3 is 2.20 bits per heavy atom. The lowest BCUT2D eigenvalue weighted by molar-refractivity contribution is 0.556. The van der Waals surface area contributed by atoms with E-state index in [1.807, 2.05) is 6.07 Å². The first-order valence-electron chi connectivity index (χ1n) is 6.38. The second-order valence-corrected chi connectivity index (χ2v) is 4.83. The largest absolute Gasteiger partial charge is 0.313 e. The summed E-state index contributed by atoms with van der Waals surface area (Å²) >= 11 is 0. The van der Waals surface area contributed by atoms with Crippen molar-refractivity contribution in [2.45, 2.75) is 19.4 Å². The third-order valence-corrected chi connectivity index (χ3v) is 3.31. The zero-order valence-corrected chi connectivity index (χ0v) is 11.4. The van der Waals surface area contributed by atoms with Crippen LogP contribution in [0.15, 0.2) is 36.4 Å². The fourth-order valence-corrected chi connectivity index (χ4v) is 2.18. The third kappa shape index (κ3) is 3.39. The predicted molar refractivity (Wildman–Crippen MR) is 73.0 cm³/mol. The summed E-state index contributed by atoms with van der Waals surface area (Å²) in [5.74, 6) is -1.50. The van der Waals surface area contributed by atoms with Crippen molar-refractivity contribution in [3.05, 3.63) is 70.5 Å². The third-order valence-electron chi connectivity index (χ3n) is 3.31. The molecule has 2 rings (SSSR count). The van der Waals surface area contributed by atoms with Gasteiger partial charge >= 0.3 is 0 Å². The van der Waals surface area contributed by atoms with Gasteiger partial charge in [-0.15, -0.1) is 0 Å². The van der Waals surface area contributed by atoms with E-state index in [0.717, 1.165) is 11.6 Å². The fraction of sp³-hybridized carbons (Fsp3) is 0.250. The molecule has 0 radical (unpaired) electrons. The molecule has 1 N–H and O–H groups in total. The Balaban J connectivity index is 2.26. The molecule has 2 aromatic carbocycles. The lowest BCUT2D eigenvalue weighted by Gasteiger charge is -2.17. The van der Waals surface area contributed by atoms with Crippen molar-refractivity contribution in [3.8, 4) is 0 Å². The summed E-state index contributed by atoms with van der Waals surface area (Å²) in [5.41, 5.74) is 1.85. The molecule has 0 saturated carbocycles. The number of nitrogens with one attached hydrogen (secondary N) is 1. The van der Waals surface area contributed by atoms with Crippen LogP contribution in [0.1, 0.15) is 22.7 Å². The van der Waals surface area contributed by atoms with E-state index in [9.17, 15) is 13.2 Å². The van der Waals surface area contributed by atoms with Crippen molar-refractivity contribution in [2.75, 3.05) is 7.05 Å². The van der Waals surface area contributed by atoms with Gasteiger partial charge in [-0.3, -0.25) is 0 Å².